The van der Waals surface area contributed by atoms with Crippen LogP contribution in [-0.2, 0) is 20.5 Å². The molecule has 1 aliphatic rings. The summed E-state index contributed by atoms with van der Waals surface area (Å²) in [5.41, 5.74) is -0.444. The van der Waals surface area contributed by atoms with Crippen molar-refractivity contribution < 1.29 is 27.5 Å². The zero-order chi connectivity index (χ0) is 19.3. The van der Waals surface area contributed by atoms with E-state index < -0.39 is 17.8 Å². The van der Waals surface area contributed by atoms with Gasteiger partial charge >= 0.3 is 12.1 Å². The molecular formula is C18H23F3N2O3. The number of hydrogen-bond acceptors (Lipinski definition) is 4. The average molecular weight is 372 g/mol. The number of carbonyl (C=O) groups excluding carboxylic acids is 2. The summed E-state index contributed by atoms with van der Waals surface area (Å²) in [5, 5.41) is 2.63. The van der Waals surface area contributed by atoms with Gasteiger partial charge in [-0.05, 0) is 64.0 Å². The van der Waals surface area contributed by atoms with Crippen molar-refractivity contribution in [3.05, 3.63) is 29.8 Å². The van der Waals surface area contributed by atoms with E-state index in [1.807, 2.05) is 4.90 Å². The minimum Gasteiger partial charge on any atom is -0.466 e. The van der Waals surface area contributed by atoms with Crippen molar-refractivity contribution >= 4 is 17.6 Å². The number of likely N-dealkylation sites (tertiary alicyclic amines) is 1. The molecule has 1 saturated heterocycles. The highest BCUT2D eigenvalue weighted by Gasteiger charge is 2.31. The maximum absolute atomic E-state index is 12.6. The minimum atomic E-state index is -4.40. The molecular weight excluding hydrogens is 349 g/mol. The molecule has 1 atom stereocenters. The van der Waals surface area contributed by atoms with Gasteiger partial charge in [0.2, 0.25) is 5.91 Å². The first kappa shape index (κ1) is 20.2. The van der Waals surface area contributed by atoms with Crippen LogP contribution >= 0.6 is 0 Å². The second kappa shape index (κ2) is 8.53. The lowest BCUT2D eigenvalue weighted by atomic mass is 9.96. The first-order chi connectivity index (χ1) is 12.2. The van der Waals surface area contributed by atoms with Gasteiger partial charge in [-0.15, -0.1) is 0 Å². The fraction of sp³-hybridized carbons (Fsp3) is 0.556. The molecule has 0 unspecified atom stereocenters. The van der Waals surface area contributed by atoms with Crippen LogP contribution in [0.4, 0.5) is 18.9 Å². The van der Waals surface area contributed by atoms with Gasteiger partial charge in [-0.2, -0.15) is 13.2 Å². The van der Waals surface area contributed by atoms with Crippen LogP contribution in [0.25, 0.3) is 0 Å². The smallest absolute Gasteiger partial charge is 0.416 e. The molecule has 0 saturated carbocycles. The quantitative estimate of drug-likeness (QED) is 0.806. The second-order valence-electron chi connectivity index (χ2n) is 6.30. The topological polar surface area (TPSA) is 58.6 Å². The Hall–Kier alpha value is -2.09. The third-order valence-electron chi connectivity index (χ3n) is 4.56. The van der Waals surface area contributed by atoms with E-state index in [-0.39, 0.29) is 17.8 Å². The van der Waals surface area contributed by atoms with Crippen LogP contribution in [-0.4, -0.2) is 42.5 Å². The number of esters is 1. The highest BCUT2D eigenvalue weighted by atomic mass is 19.4. The lowest BCUT2D eigenvalue weighted by Crippen LogP contribution is -2.47. The number of amides is 1. The van der Waals surface area contributed by atoms with E-state index in [2.05, 4.69) is 5.32 Å². The SMILES string of the molecule is CCOC(=O)C1CCN([C@@H](C)C(=O)Nc2ccc(C(F)(F)F)cc2)CC1. The van der Waals surface area contributed by atoms with Crippen molar-refractivity contribution in [3.8, 4) is 0 Å². The molecule has 2 rings (SSSR count). The largest absolute Gasteiger partial charge is 0.466 e. The summed E-state index contributed by atoms with van der Waals surface area (Å²) in [6.07, 6.45) is -3.16. The first-order valence-electron chi connectivity index (χ1n) is 8.61. The van der Waals surface area contributed by atoms with E-state index in [0.29, 0.717) is 38.2 Å². The molecule has 0 bridgehead atoms. The number of nitrogens with zero attached hydrogens (tertiary/aromatic N) is 1. The van der Waals surface area contributed by atoms with Crippen LogP contribution in [0.5, 0.6) is 0 Å². The number of carbonyl (C=O) groups is 2. The van der Waals surface area contributed by atoms with E-state index in [4.69, 9.17) is 4.74 Å². The molecule has 1 aliphatic heterocycles. The van der Waals surface area contributed by atoms with Gasteiger partial charge in [-0.25, -0.2) is 0 Å². The monoisotopic (exact) mass is 372 g/mol. The molecule has 1 aromatic rings. The Balaban J connectivity index is 1.87. The maximum Gasteiger partial charge on any atom is 0.416 e. The highest BCUT2D eigenvalue weighted by Crippen LogP contribution is 2.30. The zero-order valence-corrected chi connectivity index (χ0v) is 14.8. The summed E-state index contributed by atoms with van der Waals surface area (Å²) >= 11 is 0. The van der Waals surface area contributed by atoms with Gasteiger partial charge in [0.05, 0.1) is 24.1 Å². The normalized spacial score (nSPS) is 17.6. The standard InChI is InChI=1S/C18H23F3N2O3/c1-3-26-17(25)13-8-10-23(11-9-13)12(2)16(24)22-15-6-4-14(5-7-15)18(19,20)21/h4-7,12-13H,3,8-11H2,1-2H3,(H,22,24)/t12-/m0/s1. The predicted molar refractivity (Wildman–Crippen MR) is 90.5 cm³/mol. The number of nitrogens with one attached hydrogen (secondary N) is 1. The van der Waals surface area contributed by atoms with Crippen LogP contribution in [0, 0.1) is 5.92 Å². The van der Waals surface area contributed by atoms with Gasteiger partial charge in [0, 0.05) is 5.69 Å². The molecule has 1 heterocycles. The molecule has 1 N–H and O–H groups in total. The summed E-state index contributed by atoms with van der Waals surface area (Å²) < 4.78 is 42.7. The number of halogens is 3. The number of hydrogen-bond donors (Lipinski definition) is 1. The maximum atomic E-state index is 12.6. The Bertz CT molecular complexity index is 624. The molecule has 0 spiro atoms. The molecule has 5 nitrogen and oxygen atoms in total. The summed E-state index contributed by atoms with van der Waals surface area (Å²) in [7, 11) is 0. The fourth-order valence-corrected chi connectivity index (χ4v) is 2.94. The Morgan fingerprint density at radius 3 is 2.31 bits per heavy atom. The summed E-state index contributed by atoms with van der Waals surface area (Å²) in [4.78, 5) is 26.0. The lowest BCUT2D eigenvalue weighted by Gasteiger charge is -2.34. The van der Waals surface area contributed by atoms with Gasteiger partial charge in [-0.3, -0.25) is 14.5 Å². The number of piperidine rings is 1. The number of anilines is 1. The third-order valence-corrected chi connectivity index (χ3v) is 4.56. The number of rotatable bonds is 5. The Morgan fingerprint density at radius 2 is 1.81 bits per heavy atom. The Labute approximate surface area is 150 Å². The van der Waals surface area contributed by atoms with Gasteiger partial charge < -0.3 is 10.1 Å². The van der Waals surface area contributed by atoms with Crippen molar-refractivity contribution in [2.45, 2.75) is 38.9 Å². The molecule has 8 heteroatoms. The van der Waals surface area contributed by atoms with Crippen LogP contribution in [0.15, 0.2) is 24.3 Å². The van der Waals surface area contributed by atoms with Gasteiger partial charge in [-0.1, -0.05) is 0 Å². The van der Waals surface area contributed by atoms with Crippen LogP contribution in [0.3, 0.4) is 0 Å². The molecule has 0 radical (unpaired) electrons. The number of benzene rings is 1. The molecule has 26 heavy (non-hydrogen) atoms. The summed E-state index contributed by atoms with van der Waals surface area (Å²) in [5.74, 6) is -0.635. The molecule has 0 aromatic heterocycles. The highest BCUT2D eigenvalue weighted by molar-refractivity contribution is 5.94. The average Bonchev–Trinajstić information content (AvgIpc) is 2.61. The van der Waals surface area contributed by atoms with Crippen LogP contribution in [0.2, 0.25) is 0 Å². The molecule has 1 fully saturated rings. The van der Waals surface area contributed by atoms with E-state index in [1.54, 1.807) is 13.8 Å². The van der Waals surface area contributed by atoms with Crippen molar-refractivity contribution in [1.29, 1.82) is 0 Å². The van der Waals surface area contributed by atoms with Crippen molar-refractivity contribution in [2.75, 3.05) is 25.0 Å². The zero-order valence-electron chi connectivity index (χ0n) is 14.8. The summed E-state index contributed by atoms with van der Waals surface area (Å²) in [6.45, 7) is 5.03. The van der Waals surface area contributed by atoms with E-state index in [1.165, 1.54) is 12.1 Å². The predicted octanol–water partition coefficient (Wildman–Crippen LogP) is 3.31. The fourth-order valence-electron chi connectivity index (χ4n) is 2.94. The molecule has 1 amide bonds. The van der Waals surface area contributed by atoms with Gasteiger partial charge in [0.15, 0.2) is 0 Å². The van der Waals surface area contributed by atoms with Gasteiger partial charge in [0.1, 0.15) is 0 Å². The van der Waals surface area contributed by atoms with E-state index in [9.17, 15) is 22.8 Å². The van der Waals surface area contributed by atoms with Crippen LogP contribution in [0.1, 0.15) is 32.3 Å². The summed E-state index contributed by atoms with van der Waals surface area (Å²) in [6, 6.07) is 3.90. The molecule has 1 aromatic carbocycles. The van der Waals surface area contributed by atoms with Crippen molar-refractivity contribution in [1.82, 2.24) is 4.90 Å². The number of ether oxygens (including phenoxy) is 1. The minimum absolute atomic E-state index is 0.142. The number of alkyl halides is 3. The Morgan fingerprint density at radius 1 is 1.23 bits per heavy atom. The van der Waals surface area contributed by atoms with E-state index >= 15 is 0 Å². The van der Waals surface area contributed by atoms with Crippen LogP contribution < -0.4 is 5.32 Å². The lowest BCUT2D eigenvalue weighted by molar-refractivity contribution is -0.149. The van der Waals surface area contributed by atoms with Gasteiger partial charge in [0.25, 0.3) is 0 Å². The van der Waals surface area contributed by atoms with E-state index in [0.717, 1.165) is 12.1 Å². The second-order valence-corrected chi connectivity index (χ2v) is 6.30. The third kappa shape index (κ3) is 5.20. The van der Waals surface area contributed by atoms with Crippen molar-refractivity contribution in [2.24, 2.45) is 5.92 Å². The molecule has 144 valence electrons. The Kier molecular flexibility index (Phi) is 6.63. The first-order valence-corrected chi connectivity index (χ1v) is 8.61. The van der Waals surface area contributed by atoms with Crippen molar-refractivity contribution in [3.63, 3.8) is 0 Å². The molecule has 0 aliphatic carbocycles.